The molecule has 0 spiro atoms. The predicted molar refractivity (Wildman–Crippen MR) is 92.3 cm³/mol. The summed E-state index contributed by atoms with van der Waals surface area (Å²) in [5.41, 5.74) is 1.13. The fourth-order valence-corrected chi connectivity index (χ4v) is 3.78. The SMILES string of the molecule is CCN(c1ccc(C(=O)NC2CCN(C)CC2)cc1)S(C)(=O)=O. The molecule has 128 valence electrons. The van der Waals surface area contributed by atoms with E-state index >= 15 is 0 Å². The third-order valence-electron chi connectivity index (χ3n) is 4.16. The fraction of sp³-hybridized carbons (Fsp3) is 0.562. The van der Waals surface area contributed by atoms with Gasteiger partial charge in [-0.05, 0) is 64.2 Å². The van der Waals surface area contributed by atoms with Crippen LogP contribution in [0.25, 0.3) is 0 Å². The number of carbonyl (C=O) groups is 1. The Morgan fingerprint density at radius 1 is 1.26 bits per heavy atom. The lowest BCUT2D eigenvalue weighted by Gasteiger charge is -2.29. The van der Waals surface area contributed by atoms with Gasteiger partial charge in [0.2, 0.25) is 10.0 Å². The third kappa shape index (κ3) is 4.68. The fourth-order valence-electron chi connectivity index (χ4n) is 2.81. The molecule has 6 nitrogen and oxygen atoms in total. The average molecular weight is 339 g/mol. The number of rotatable bonds is 5. The molecule has 0 bridgehead atoms. The first-order valence-corrected chi connectivity index (χ1v) is 9.73. The number of anilines is 1. The molecule has 7 heteroatoms. The van der Waals surface area contributed by atoms with Crippen molar-refractivity contribution < 1.29 is 13.2 Å². The average Bonchev–Trinajstić information content (AvgIpc) is 2.49. The quantitative estimate of drug-likeness (QED) is 0.878. The molecular weight excluding hydrogens is 314 g/mol. The van der Waals surface area contributed by atoms with Crippen molar-refractivity contribution in [1.82, 2.24) is 10.2 Å². The predicted octanol–water partition coefficient (Wildman–Crippen LogP) is 1.30. The van der Waals surface area contributed by atoms with Crippen LogP contribution in [-0.4, -0.2) is 58.2 Å². The van der Waals surface area contributed by atoms with E-state index in [0.717, 1.165) is 25.9 Å². The second kappa shape index (κ2) is 7.31. The van der Waals surface area contributed by atoms with E-state index in [2.05, 4.69) is 17.3 Å². The summed E-state index contributed by atoms with van der Waals surface area (Å²) in [4.78, 5) is 14.5. The molecule has 0 unspecified atom stereocenters. The van der Waals surface area contributed by atoms with Gasteiger partial charge in [0, 0.05) is 18.2 Å². The highest BCUT2D eigenvalue weighted by molar-refractivity contribution is 7.92. The highest BCUT2D eigenvalue weighted by Gasteiger charge is 2.20. The minimum atomic E-state index is -3.30. The lowest BCUT2D eigenvalue weighted by atomic mass is 10.0. The zero-order chi connectivity index (χ0) is 17.0. The standard InChI is InChI=1S/C16H25N3O3S/c1-4-19(23(3,21)22)15-7-5-13(6-8-15)16(20)17-14-9-11-18(2)12-10-14/h5-8,14H,4,9-12H2,1-3H3,(H,17,20). The molecule has 2 rings (SSSR count). The van der Waals surface area contributed by atoms with E-state index in [1.807, 2.05) is 0 Å². The van der Waals surface area contributed by atoms with Crippen molar-refractivity contribution in [1.29, 1.82) is 0 Å². The topological polar surface area (TPSA) is 69.7 Å². The molecule has 1 aliphatic rings. The van der Waals surface area contributed by atoms with E-state index in [4.69, 9.17) is 0 Å². The minimum absolute atomic E-state index is 0.103. The molecular formula is C16H25N3O3S. The second-order valence-electron chi connectivity index (χ2n) is 6.03. The summed E-state index contributed by atoms with van der Waals surface area (Å²) in [5.74, 6) is -0.103. The van der Waals surface area contributed by atoms with Crippen LogP contribution in [0.3, 0.4) is 0 Å². The molecule has 1 heterocycles. The second-order valence-corrected chi connectivity index (χ2v) is 7.93. The van der Waals surface area contributed by atoms with Crippen molar-refractivity contribution in [3.8, 4) is 0 Å². The van der Waals surface area contributed by atoms with Gasteiger partial charge in [0.15, 0.2) is 0 Å². The van der Waals surface area contributed by atoms with Crippen molar-refractivity contribution in [3.63, 3.8) is 0 Å². The Bertz CT molecular complexity index is 635. The van der Waals surface area contributed by atoms with Gasteiger partial charge >= 0.3 is 0 Å². The summed E-state index contributed by atoms with van der Waals surface area (Å²) in [5, 5.41) is 3.05. The maximum absolute atomic E-state index is 12.3. The van der Waals surface area contributed by atoms with Gasteiger partial charge in [-0.25, -0.2) is 8.42 Å². The van der Waals surface area contributed by atoms with E-state index in [-0.39, 0.29) is 11.9 Å². The minimum Gasteiger partial charge on any atom is -0.349 e. The normalized spacial score (nSPS) is 17.0. The summed E-state index contributed by atoms with van der Waals surface area (Å²) < 4.78 is 24.7. The first-order valence-electron chi connectivity index (χ1n) is 7.88. The molecule has 1 aromatic carbocycles. The first kappa shape index (κ1) is 17.7. The van der Waals surface area contributed by atoms with Crippen LogP contribution in [0, 0.1) is 0 Å². The zero-order valence-electron chi connectivity index (χ0n) is 13.9. The van der Waals surface area contributed by atoms with Crippen molar-refractivity contribution in [2.75, 3.05) is 37.2 Å². The largest absolute Gasteiger partial charge is 0.349 e. The van der Waals surface area contributed by atoms with Gasteiger partial charge < -0.3 is 10.2 Å². The molecule has 0 saturated carbocycles. The van der Waals surface area contributed by atoms with Gasteiger partial charge in [-0.1, -0.05) is 0 Å². The zero-order valence-corrected chi connectivity index (χ0v) is 14.8. The number of hydrogen-bond acceptors (Lipinski definition) is 4. The highest BCUT2D eigenvalue weighted by Crippen LogP contribution is 2.18. The summed E-state index contributed by atoms with van der Waals surface area (Å²) in [7, 11) is -1.22. The van der Waals surface area contributed by atoms with Gasteiger partial charge in [0.1, 0.15) is 0 Å². The van der Waals surface area contributed by atoms with Crippen LogP contribution < -0.4 is 9.62 Å². The summed E-state index contributed by atoms with van der Waals surface area (Å²) >= 11 is 0. The maximum Gasteiger partial charge on any atom is 0.251 e. The molecule has 1 fully saturated rings. The maximum atomic E-state index is 12.3. The van der Waals surface area contributed by atoms with Crippen LogP contribution in [0.15, 0.2) is 24.3 Å². The number of hydrogen-bond donors (Lipinski definition) is 1. The Labute approximate surface area is 138 Å². The molecule has 0 aromatic heterocycles. The lowest BCUT2D eigenvalue weighted by molar-refractivity contribution is 0.0917. The molecule has 1 saturated heterocycles. The number of carbonyl (C=O) groups excluding carboxylic acids is 1. The smallest absolute Gasteiger partial charge is 0.251 e. The van der Waals surface area contributed by atoms with Crippen molar-refractivity contribution >= 4 is 21.6 Å². The van der Waals surface area contributed by atoms with Crippen molar-refractivity contribution in [3.05, 3.63) is 29.8 Å². The lowest BCUT2D eigenvalue weighted by Crippen LogP contribution is -2.43. The van der Waals surface area contributed by atoms with Crippen LogP contribution in [0.4, 0.5) is 5.69 Å². The number of nitrogens with zero attached hydrogens (tertiary/aromatic N) is 2. The Morgan fingerprint density at radius 2 is 1.83 bits per heavy atom. The highest BCUT2D eigenvalue weighted by atomic mass is 32.2. The van der Waals surface area contributed by atoms with Crippen molar-refractivity contribution in [2.24, 2.45) is 0 Å². The van der Waals surface area contributed by atoms with Gasteiger partial charge in [-0.15, -0.1) is 0 Å². The monoisotopic (exact) mass is 339 g/mol. The third-order valence-corrected chi connectivity index (χ3v) is 5.43. The molecule has 0 radical (unpaired) electrons. The summed E-state index contributed by atoms with van der Waals surface area (Å²) in [6.07, 6.45) is 3.09. The number of amides is 1. The molecule has 0 aliphatic carbocycles. The summed E-state index contributed by atoms with van der Waals surface area (Å²) in [6, 6.07) is 6.91. The Balaban J connectivity index is 2.03. The van der Waals surface area contributed by atoms with E-state index in [1.54, 1.807) is 31.2 Å². The Morgan fingerprint density at radius 3 is 2.30 bits per heavy atom. The van der Waals surface area contributed by atoms with Crippen LogP contribution in [0.5, 0.6) is 0 Å². The van der Waals surface area contributed by atoms with E-state index in [0.29, 0.717) is 17.8 Å². The van der Waals surface area contributed by atoms with Crippen molar-refractivity contribution in [2.45, 2.75) is 25.8 Å². The Kier molecular flexibility index (Phi) is 5.64. The number of sulfonamides is 1. The number of likely N-dealkylation sites (tertiary alicyclic amines) is 1. The Hall–Kier alpha value is -1.60. The van der Waals surface area contributed by atoms with Gasteiger partial charge in [-0.3, -0.25) is 9.10 Å². The van der Waals surface area contributed by atoms with Gasteiger partial charge in [-0.2, -0.15) is 0 Å². The summed E-state index contributed by atoms with van der Waals surface area (Å²) in [6.45, 7) is 4.12. The molecule has 1 aromatic rings. The van der Waals surface area contributed by atoms with E-state index in [1.165, 1.54) is 10.6 Å². The van der Waals surface area contributed by atoms with Gasteiger partial charge in [0.05, 0.1) is 11.9 Å². The number of benzene rings is 1. The molecule has 1 amide bonds. The molecule has 1 aliphatic heterocycles. The van der Waals surface area contributed by atoms with Crippen LogP contribution in [-0.2, 0) is 10.0 Å². The van der Waals surface area contributed by atoms with E-state index < -0.39 is 10.0 Å². The van der Waals surface area contributed by atoms with Gasteiger partial charge in [0.25, 0.3) is 5.91 Å². The number of nitrogens with one attached hydrogen (secondary N) is 1. The first-order chi connectivity index (χ1) is 10.8. The molecule has 0 atom stereocenters. The number of piperidine rings is 1. The van der Waals surface area contributed by atoms with Crippen LogP contribution >= 0.6 is 0 Å². The molecule has 23 heavy (non-hydrogen) atoms. The van der Waals surface area contributed by atoms with Crippen LogP contribution in [0.1, 0.15) is 30.1 Å². The van der Waals surface area contributed by atoms with Crippen LogP contribution in [0.2, 0.25) is 0 Å². The van der Waals surface area contributed by atoms with E-state index in [9.17, 15) is 13.2 Å². The molecule has 1 N–H and O–H groups in total.